The fourth-order valence-corrected chi connectivity index (χ4v) is 3.55. The maximum absolute atomic E-state index is 5.59. The Labute approximate surface area is 112 Å². The van der Waals surface area contributed by atoms with Crippen LogP contribution >= 0.6 is 0 Å². The van der Waals surface area contributed by atoms with Crippen LogP contribution in [0.15, 0.2) is 0 Å². The molecular weight excluding hydrogens is 224 g/mol. The molecule has 1 saturated heterocycles. The summed E-state index contributed by atoms with van der Waals surface area (Å²) < 4.78 is 5.59. The van der Waals surface area contributed by atoms with Gasteiger partial charge in [0.25, 0.3) is 0 Å². The molecule has 3 atom stereocenters. The van der Waals surface area contributed by atoms with Gasteiger partial charge in [-0.25, -0.2) is 0 Å². The number of nitrogens with zero attached hydrogens (tertiary/aromatic N) is 1. The highest BCUT2D eigenvalue weighted by molar-refractivity contribution is 4.83. The SMILES string of the molecule is CCNC1CCCC(N(C)CC2CCCOC2)C1. The van der Waals surface area contributed by atoms with Crippen LogP contribution in [0.3, 0.4) is 0 Å². The second-order valence-electron chi connectivity index (χ2n) is 6.10. The van der Waals surface area contributed by atoms with Gasteiger partial charge in [-0.15, -0.1) is 0 Å². The van der Waals surface area contributed by atoms with Crippen LogP contribution in [0.2, 0.25) is 0 Å². The van der Waals surface area contributed by atoms with Crippen LogP contribution in [-0.2, 0) is 4.74 Å². The van der Waals surface area contributed by atoms with Gasteiger partial charge < -0.3 is 15.0 Å². The molecule has 0 aromatic heterocycles. The Kier molecular flexibility index (Phi) is 5.93. The quantitative estimate of drug-likeness (QED) is 0.814. The van der Waals surface area contributed by atoms with Crippen LogP contribution in [0, 0.1) is 5.92 Å². The molecule has 3 heteroatoms. The van der Waals surface area contributed by atoms with Crippen molar-refractivity contribution in [3.63, 3.8) is 0 Å². The molecule has 0 bridgehead atoms. The highest BCUT2D eigenvalue weighted by atomic mass is 16.5. The van der Waals surface area contributed by atoms with Crippen molar-refractivity contribution in [2.45, 2.75) is 57.5 Å². The normalized spacial score (nSPS) is 33.8. The predicted molar refractivity (Wildman–Crippen MR) is 75.9 cm³/mol. The van der Waals surface area contributed by atoms with Crippen molar-refractivity contribution >= 4 is 0 Å². The summed E-state index contributed by atoms with van der Waals surface area (Å²) in [6.07, 6.45) is 8.07. The van der Waals surface area contributed by atoms with Gasteiger partial charge in [0.1, 0.15) is 0 Å². The predicted octanol–water partition coefficient (Wildman–Crippen LogP) is 2.27. The fraction of sp³-hybridized carbons (Fsp3) is 1.00. The van der Waals surface area contributed by atoms with Crippen molar-refractivity contribution in [2.24, 2.45) is 5.92 Å². The van der Waals surface area contributed by atoms with E-state index in [1.807, 2.05) is 0 Å². The molecule has 0 amide bonds. The lowest BCUT2D eigenvalue weighted by Gasteiger charge is -2.38. The van der Waals surface area contributed by atoms with Crippen LogP contribution in [0.4, 0.5) is 0 Å². The Hall–Kier alpha value is -0.120. The van der Waals surface area contributed by atoms with Crippen molar-refractivity contribution in [2.75, 3.05) is 33.4 Å². The third kappa shape index (κ3) is 4.22. The molecule has 1 N–H and O–H groups in total. The van der Waals surface area contributed by atoms with E-state index in [0.717, 1.165) is 37.8 Å². The molecule has 2 fully saturated rings. The van der Waals surface area contributed by atoms with E-state index in [0.29, 0.717) is 0 Å². The van der Waals surface area contributed by atoms with E-state index in [9.17, 15) is 0 Å². The highest BCUT2D eigenvalue weighted by Crippen LogP contribution is 2.24. The summed E-state index contributed by atoms with van der Waals surface area (Å²) in [6, 6.07) is 1.53. The first-order chi connectivity index (χ1) is 8.79. The molecule has 0 aromatic rings. The van der Waals surface area contributed by atoms with E-state index in [1.54, 1.807) is 0 Å². The van der Waals surface area contributed by atoms with Crippen molar-refractivity contribution < 1.29 is 4.74 Å². The summed E-state index contributed by atoms with van der Waals surface area (Å²) >= 11 is 0. The average Bonchev–Trinajstić information content (AvgIpc) is 2.40. The minimum Gasteiger partial charge on any atom is -0.381 e. The Morgan fingerprint density at radius 3 is 2.83 bits per heavy atom. The van der Waals surface area contributed by atoms with Gasteiger partial charge in [-0.2, -0.15) is 0 Å². The van der Waals surface area contributed by atoms with Gasteiger partial charge in [-0.1, -0.05) is 13.3 Å². The van der Waals surface area contributed by atoms with Crippen molar-refractivity contribution in [1.29, 1.82) is 0 Å². The molecule has 2 rings (SSSR count). The third-order valence-electron chi connectivity index (χ3n) is 4.56. The van der Waals surface area contributed by atoms with Crippen LogP contribution in [0.5, 0.6) is 0 Å². The van der Waals surface area contributed by atoms with Crippen molar-refractivity contribution in [1.82, 2.24) is 10.2 Å². The second kappa shape index (κ2) is 7.46. The van der Waals surface area contributed by atoms with Gasteiger partial charge in [0.2, 0.25) is 0 Å². The first-order valence-corrected chi connectivity index (χ1v) is 7.81. The standard InChI is InChI=1S/C15H30N2O/c1-3-16-14-7-4-8-15(10-14)17(2)11-13-6-5-9-18-12-13/h13-16H,3-12H2,1-2H3. The van der Waals surface area contributed by atoms with Gasteiger partial charge >= 0.3 is 0 Å². The molecule has 106 valence electrons. The van der Waals surface area contributed by atoms with Crippen LogP contribution in [0.1, 0.15) is 45.4 Å². The zero-order valence-corrected chi connectivity index (χ0v) is 12.2. The van der Waals surface area contributed by atoms with E-state index in [2.05, 4.69) is 24.2 Å². The van der Waals surface area contributed by atoms with Gasteiger partial charge in [0, 0.05) is 25.2 Å². The third-order valence-corrected chi connectivity index (χ3v) is 4.56. The Morgan fingerprint density at radius 2 is 2.11 bits per heavy atom. The van der Waals surface area contributed by atoms with Crippen LogP contribution in [0.25, 0.3) is 0 Å². The highest BCUT2D eigenvalue weighted by Gasteiger charge is 2.26. The zero-order chi connectivity index (χ0) is 12.8. The number of nitrogens with one attached hydrogen (secondary N) is 1. The smallest absolute Gasteiger partial charge is 0.0506 e. The molecule has 3 nitrogen and oxygen atoms in total. The van der Waals surface area contributed by atoms with E-state index in [1.165, 1.54) is 45.1 Å². The molecule has 1 heterocycles. The van der Waals surface area contributed by atoms with E-state index in [4.69, 9.17) is 4.74 Å². The molecule has 18 heavy (non-hydrogen) atoms. The Balaban J connectivity index is 1.74. The largest absolute Gasteiger partial charge is 0.381 e. The van der Waals surface area contributed by atoms with Crippen molar-refractivity contribution in [3.05, 3.63) is 0 Å². The van der Waals surface area contributed by atoms with Gasteiger partial charge in [0.15, 0.2) is 0 Å². The topological polar surface area (TPSA) is 24.5 Å². The lowest BCUT2D eigenvalue weighted by Crippen LogP contribution is -2.45. The number of hydrogen-bond donors (Lipinski definition) is 1. The first kappa shape index (κ1) is 14.3. The molecule has 1 aliphatic heterocycles. The molecule has 0 spiro atoms. The lowest BCUT2D eigenvalue weighted by atomic mass is 9.89. The summed E-state index contributed by atoms with van der Waals surface area (Å²) in [7, 11) is 2.31. The molecule has 0 radical (unpaired) electrons. The molecule has 1 aliphatic carbocycles. The fourth-order valence-electron chi connectivity index (χ4n) is 3.55. The van der Waals surface area contributed by atoms with Crippen LogP contribution < -0.4 is 5.32 Å². The second-order valence-corrected chi connectivity index (χ2v) is 6.10. The van der Waals surface area contributed by atoms with Crippen LogP contribution in [-0.4, -0.2) is 50.3 Å². The summed E-state index contributed by atoms with van der Waals surface area (Å²) in [5, 5.41) is 3.62. The molecule has 2 aliphatic rings. The summed E-state index contributed by atoms with van der Waals surface area (Å²) in [4.78, 5) is 2.60. The number of hydrogen-bond acceptors (Lipinski definition) is 3. The summed E-state index contributed by atoms with van der Waals surface area (Å²) in [6.45, 7) is 6.51. The summed E-state index contributed by atoms with van der Waals surface area (Å²) in [5.41, 5.74) is 0. The minimum atomic E-state index is 0.749. The molecular formula is C15H30N2O. The monoisotopic (exact) mass is 254 g/mol. The van der Waals surface area contributed by atoms with E-state index in [-0.39, 0.29) is 0 Å². The average molecular weight is 254 g/mol. The van der Waals surface area contributed by atoms with E-state index < -0.39 is 0 Å². The van der Waals surface area contributed by atoms with Gasteiger partial charge in [-0.3, -0.25) is 0 Å². The zero-order valence-electron chi connectivity index (χ0n) is 12.2. The molecule has 1 saturated carbocycles. The number of ether oxygens (including phenoxy) is 1. The van der Waals surface area contributed by atoms with Gasteiger partial charge in [-0.05, 0) is 51.6 Å². The maximum Gasteiger partial charge on any atom is 0.0506 e. The van der Waals surface area contributed by atoms with E-state index >= 15 is 0 Å². The Bertz CT molecular complexity index is 227. The molecule has 3 unspecified atom stereocenters. The maximum atomic E-state index is 5.59. The molecule has 0 aromatic carbocycles. The summed E-state index contributed by atoms with van der Waals surface area (Å²) in [5.74, 6) is 0.767. The van der Waals surface area contributed by atoms with Gasteiger partial charge in [0.05, 0.1) is 6.61 Å². The lowest BCUT2D eigenvalue weighted by molar-refractivity contribution is 0.0318. The van der Waals surface area contributed by atoms with Crippen molar-refractivity contribution in [3.8, 4) is 0 Å². The minimum absolute atomic E-state index is 0.749. The Morgan fingerprint density at radius 1 is 1.22 bits per heavy atom. The number of rotatable bonds is 5. The first-order valence-electron chi connectivity index (χ1n) is 7.81.